The van der Waals surface area contributed by atoms with Crippen LogP contribution in [0.1, 0.15) is 198 Å². The zero-order valence-corrected chi connectivity index (χ0v) is 88.2. The Bertz CT molecular complexity index is 7080. The molecule has 0 N–H and O–H groups in total. The third-order valence-electron chi connectivity index (χ3n) is 22.6. The number of methoxy groups -OCH3 is 1. The summed E-state index contributed by atoms with van der Waals surface area (Å²) in [6.07, 6.45) is 2.96. The molecule has 0 spiro atoms. The quantitative estimate of drug-likeness (QED) is 0.0514. The van der Waals surface area contributed by atoms with Crippen molar-refractivity contribution in [2.45, 2.75) is 92.9 Å². The average Bonchev–Trinajstić information content (AvgIpc) is 0.916. The Labute approximate surface area is 903 Å². The SMILES string of the molecule is C=C(C)c1ccc(Cl)c(Cc2ccccc2C(=O)[O-])c1Cl.CCc1ccc(Cl)c(Cc2ccccc2C(=O)[O-])c1Cl.COc1ccc(Cl)c(Cc2ccccc2C(=O)[O-])c1Cl.Cc1ccc(C(=O)[O-])c(Cc2c(Cl)ccc(C)c2Cl)c1.Cc1ccc(Cl)c(Cc2cc(F)ccc2C(=O)[O-])c1Cl.Cc1ccc(Cl)c(Cc2ccccc2C(=O)[O-])c1Cl.O=C([O-])c1ccccc1Cc1c(Cl)ccc(-c2ccccc2)c1Cl. The van der Waals surface area contributed by atoms with Crippen molar-refractivity contribution in [3.8, 4) is 16.9 Å². The number of carbonyl (C=O) groups excluding carboxylic acids is 7. The molecular weight excluding hydrogens is 2120 g/mol. The van der Waals surface area contributed by atoms with Gasteiger partial charge in [-0.2, -0.15) is 0 Å². The monoisotopic (exact) mass is 2200 g/mol. The maximum absolute atomic E-state index is 13.3. The number of carboxylic acid groups (broad SMARTS) is 7. The van der Waals surface area contributed by atoms with Gasteiger partial charge in [0.2, 0.25) is 0 Å². The van der Waals surface area contributed by atoms with E-state index in [4.69, 9.17) is 167 Å². The average molecular weight is 2210 g/mol. The molecule has 0 unspecified atom stereocenters. The number of aryl methyl sites for hydroxylation is 5. The zero-order chi connectivity index (χ0) is 106. The lowest BCUT2D eigenvalue weighted by atomic mass is 9.96. The van der Waals surface area contributed by atoms with E-state index in [1.165, 1.54) is 43.5 Å². The summed E-state index contributed by atoms with van der Waals surface area (Å²) in [4.78, 5) is 78.0. The van der Waals surface area contributed by atoms with Crippen LogP contribution in [-0.2, 0) is 51.4 Å². The van der Waals surface area contributed by atoms with Crippen LogP contribution in [0.3, 0.4) is 0 Å². The molecule has 0 aliphatic heterocycles. The van der Waals surface area contributed by atoms with Gasteiger partial charge >= 0.3 is 0 Å². The third-order valence-corrected chi connectivity index (χ3v) is 28.4. The summed E-state index contributed by atoms with van der Waals surface area (Å²) in [6.45, 7) is 15.2. The Balaban J connectivity index is 0.000000187. The molecule has 0 aliphatic rings. The molecule has 0 fully saturated rings. The van der Waals surface area contributed by atoms with E-state index in [1.54, 1.807) is 164 Å². The number of hydrogen-bond donors (Lipinski definition) is 0. The molecule has 15 rings (SSSR count). The predicted molar refractivity (Wildman–Crippen MR) is 565 cm³/mol. The van der Waals surface area contributed by atoms with Crippen LogP contribution in [0, 0.1) is 33.5 Å². The maximum Gasteiger partial charge on any atom is 0.137 e. The van der Waals surface area contributed by atoms with Crippen LogP contribution in [0.15, 0.2) is 280 Å². The highest BCUT2D eigenvalue weighted by Crippen LogP contribution is 2.42. The molecule has 0 amide bonds. The number of ether oxygens (including phenoxy) is 1. The minimum atomic E-state index is -1.36. The van der Waals surface area contributed by atoms with Crippen LogP contribution >= 0.6 is 162 Å². The predicted octanol–water partition coefficient (Wildman–Crippen LogP) is 25.3. The summed E-state index contributed by atoms with van der Waals surface area (Å²) >= 11 is 87.5. The van der Waals surface area contributed by atoms with Crippen molar-refractivity contribution in [3.63, 3.8) is 0 Å². The van der Waals surface area contributed by atoms with E-state index in [0.717, 1.165) is 85.3 Å². The number of aromatic carboxylic acids is 7. The summed E-state index contributed by atoms with van der Waals surface area (Å²) in [5.74, 6) is -8.63. The molecule has 0 aromatic heterocycles. The Morgan fingerprint density at radius 2 is 0.535 bits per heavy atom. The van der Waals surface area contributed by atoms with Crippen LogP contribution in [0.5, 0.6) is 5.75 Å². The molecule has 0 atom stereocenters. The second-order valence-electron chi connectivity index (χ2n) is 32.3. The van der Waals surface area contributed by atoms with Gasteiger partial charge in [0.25, 0.3) is 0 Å². The highest BCUT2D eigenvalue weighted by atomic mass is 35.5. The summed E-state index contributed by atoms with van der Waals surface area (Å²) in [6, 6.07) is 76.5. The van der Waals surface area contributed by atoms with Gasteiger partial charge in [-0.25, -0.2) is 4.39 Å². The number of carboxylic acids is 7. The van der Waals surface area contributed by atoms with E-state index in [-0.39, 0.29) is 50.9 Å². The van der Waals surface area contributed by atoms with Crippen LogP contribution in [0.4, 0.5) is 4.39 Å². The van der Waals surface area contributed by atoms with Crippen molar-refractivity contribution in [1.29, 1.82) is 0 Å². The standard InChI is InChI=1S/C20H14Cl2O2.C17H14Cl2O2.2C16H14Cl2O2.C15H11Cl2FO2.C15H12Cl2O3.C15H12Cl2O2/c21-18-11-10-15(13-6-2-1-3-7-13)19(22)17(18)12-14-8-4-5-9-16(14)20(23)24;1-10(2)12-7-8-15(18)14(16(12)19)9-11-5-3-4-6-13(11)17(20)21;1-9-3-5-12(16(19)20)11(7-9)8-13-14(17)6-4-10(2)15(13)18;1-2-10-7-8-14(17)13(15(10)18)9-11-5-3-4-6-12(11)16(19)20;1-8-2-5-13(16)12(14(8)17)7-9-6-10(18)3-4-11(9)15(19)20;1-20-13-7-6-12(16)11(14(13)17)8-9-4-2-3-5-10(9)15(18)19;1-9-6-7-13(16)12(14(9)17)8-10-4-2-3-5-11(10)15(18)19/h1-11H,12H2,(H,23,24);3-8H,1,9H2,2H3,(H,20,21);3-7H,8H2,1-2H3,(H,19,20);3-8H,2,9H2,1H3,(H,19,20);2-6H,7H2,1H3,(H,19,20);2-7H,8H2,1H3,(H,18,19);2-7H,8H2,1H3,(H,18,19)/p-7. The van der Waals surface area contributed by atoms with E-state index >= 15 is 0 Å². The van der Waals surface area contributed by atoms with Crippen molar-refractivity contribution < 1.29 is 78.4 Å². The first-order chi connectivity index (χ1) is 68.4. The lowest BCUT2D eigenvalue weighted by molar-refractivity contribution is -0.256. The molecule has 0 bridgehead atoms. The van der Waals surface area contributed by atoms with Gasteiger partial charge in [-0.1, -0.05) is 388 Å². The summed E-state index contributed by atoms with van der Waals surface area (Å²) in [5.41, 5.74) is 17.8. The Morgan fingerprint density at radius 3 is 0.875 bits per heavy atom. The highest BCUT2D eigenvalue weighted by Gasteiger charge is 2.23. The van der Waals surface area contributed by atoms with E-state index in [2.05, 4.69) is 6.58 Å². The molecule has 0 saturated heterocycles. The van der Waals surface area contributed by atoms with Gasteiger partial charge in [0.05, 0.1) is 64.0 Å². The number of halogens is 15. The van der Waals surface area contributed by atoms with Gasteiger partial charge in [-0.15, -0.1) is 0 Å². The molecule has 30 heteroatoms. The maximum atomic E-state index is 13.3. The van der Waals surface area contributed by atoms with Crippen LogP contribution in [-0.4, -0.2) is 48.9 Å². The number of benzene rings is 15. The molecular formula is C114H84Cl14FO15-7. The smallest absolute Gasteiger partial charge is 0.137 e. The van der Waals surface area contributed by atoms with Crippen molar-refractivity contribution in [3.05, 3.63) is 506 Å². The number of allylic oxidation sites excluding steroid dienone is 1. The summed E-state index contributed by atoms with van der Waals surface area (Å²) < 4.78 is 18.5. The number of hydrogen-bond acceptors (Lipinski definition) is 15. The molecule has 15 nitrogen and oxygen atoms in total. The molecule has 0 heterocycles. The van der Waals surface area contributed by atoms with Gasteiger partial charge < -0.3 is 74.0 Å². The molecule has 0 saturated carbocycles. The fourth-order valence-corrected chi connectivity index (χ4v) is 19.0. The first-order valence-corrected chi connectivity index (χ1v) is 48.9. The van der Waals surface area contributed by atoms with Gasteiger partial charge in [-0.05, 0) is 225 Å². The van der Waals surface area contributed by atoms with Crippen molar-refractivity contribution in [2.24, 2.45) is 0 Å². The minimum absolute atomic E-state index is 0.0694. The minimum Gasteiger partial charge on any atom is -0.545 e. The highest BCUT2D eigenvalue weighted by molar-refractivity contribution is 6.41. The van der Waals surface area contributed by atoms with E-state index in [1.807, 2.05) is 102 Å². The Kier molecular flexibility index (Phi) is 44.1. The number of carbonyl (C=O) groups is 7. The van der Waals surface area contributed by atoms with Crippen molar-refractivity contribution in [1.82, 2.24) is 0 Å². The van der Waals surface area contributed by atoms with Gasteiger partial charge in [0.15, 0.2) is 0 Å². The molecule has 0 radical (unpaired) electrons. The summed E-state index contributed by atoms with van der Waals surface area (Å²) in [7, 11) is 1.51. The van der Waals surface area contributed by atoms with E-state index < -0.39 is 47.6 Å². The molecule has 144 heavy (non-hydrogen) atoms. The normalized spacial score (nSPS) is 10.5. The first-order valence-electron chi connectivity index (χ1n) is 43.6. The van der Waals surface area contributed by atoms with Crippen molar-refractivity contribution >= 4 is 210 Å². The largest absolute Gasteiger partial charge is 0.545 e. The molecule has 0 aliphatic carbocycles. The third kappa shape index (κ3) is 31.1. The lowest BCUT2D eigenvalue weighted by Gasteiger charge is -2.15. The van der Waals surface area contributed by atoms with E-state index in [9.17, 15) is 73.7 Å². The second kappa shape index (κ2) is 54.9. The number of rotatable bonds is 25. The molecule has 15 aromatic rings. The van der Waals surface area contributed by atoms with Crippen LogP contribution < -0.4 is 40.5 Å². The second-order valence-corrected chi connectivity index (χ2v) is 37.8. The van der Waals surface area contributed by atoms with Crippen molar-refractivity contribution in [2.75, 3.05) is 7.11 Å². The Morgan fingerprint density at radius 1 is 0.271 bits per heavy atom. The van der Waals surface area contributed by atoms with Gasteiger partial charge in [-0.3, -0.25) is 0 Å². The summed E-state index contributed by atoms with van der Waals surface area (Å²) in [5, 5.41) is 85.1. The zero-order valence-electron chi connectivity index (χ0n) is 77.6. The van der Waals surface area contributed by atoms with E-state index in [0.29, 0.717) is 170 Å². The Hall–Kier alpha value is -11.9. The molecule has 742 valence electrons. The van der Waals surface area contributed by atoms with Gasteiger partial charge in [0.1, 0.15) is 11.6 Å². The lowest BCUT2D eigenvalue weighted by Crippen LogP contribution is -2.24. The fourth-order valence-electron chi connectivity index (χ4n) is 15.0. The van der Waals surface area contributed by atoms with Gasteiger partial charge in [0, 0.05) is 145 Å². The topological polar surface area (TPSA) is 290 Å². The first kappa shape index (κ1) is 116. The van der Waals surface area contributed by atoms with Crippen LogP contribution in [0.2, 0.25) is 70.3 Å². The molecule has 15 aromatic carbocycles. The van der Waals surface area contributed by atoms with Crippen LogP contribution in [0.25, 0.3) is 16.7 Å². The fraction of sp³-hybridized carbons (Fsp3) is 0.132.